The molecule has 0 amide bonds. The predicted molar refractivity (Wildman–Crippen MR) is 130 cm³/mol. The van der Waals surface area contributed by atoms with Gasteiger partial charge in [-0.3, -0.25) is 4.79 Å². The summed E-state index contributed by atoms with van der Waals surface area (Å²) in [7, 11) is 1.62. The van der Waals surface area contributed by atoms with Gasteiger partial charge in [0.2, 0.25) is 0 Å². The summed E-state index contributed by atoms with van der Waals surface area (Å²) in [5, 5.41) is 16.6. The number of benzene rings is 3. The number of aliphatic hydroxyl groups excluding tert-OH is 1. The van der Waals surface area contributed by atoms with Crippen LogP contribution in [0.3, 0.4) is 0 Å². The normalized spacial score (nSPS) is 12.1. The van der Waals surface area contributed by atoms with Crippen LogP contribution in [0, 0.1) is 13.8 Å². The van der Waals surface area contributed by atoms with Crippen LogP contribution in [0.25, 0.3) is 22.0 Å². The number of hydrogen-bond acceptors (Lipinski definition) is 5. The number of aliphatic hydroxyl groups is 1. The van der Waals surface area contributed by atoms with Crippen molar-refractivity contribution in [1.29, 1.82) is 0 Å². The molecule has 1 N–H and O–H groups in total. The van der Waals surface area contributed by atoms with Gasteiger partial charge in [0, 0.05) is 10.9 Å². The van der Waals surface area contributed by atoms with Crippen molar-refractivity contribution < 1.29 is 14.6 Å². The number of fused-ring (bicyclic) bond motifs is 1. The van der Waals surface area contributed by atoms with Crippen LogP contribution in [0.1, 0.15) is 16.7 Å². The van der Waals surface area contributed by atoms with Crippen LogP contribution < -0.4 is 10.3 Å². The highest BCUT2D eigenvalue weighted by Gasteiger charge is 2.16. The maximum Gasteiger partial charge on any atom is 0.274 e. The Morgan fingerprint density at radius 3 is 2.45 bits per heavy atom. The summed E-state index contributed by atoms with van der Waals surface area (Å²) in [5.41, 5.74) is 4.65. The molecular weight excluding hydrogens is 416 g/mol. The lowest BCUT2D eigenvalue weighted by atomic mass is 9.99. The van der Waals surface area contributed by atoms with E-state index in [2.05, 4.69) is 23.3 Å². The molecule has 6 heteroatoms. The molecule has 3 aromatic carbocycles. The molecule has 0 saturated carbocycles. The molecule has 0 unspecified atom stereocenters. The van der Waals surface area contributed by atoms with Gasteiger partial charge in [-0.05, 0) is 49.2 Å². The fraction of sp³-hybridized carbons (Fsp3) is 0.259. The number of rotatable bonds is 8. The zero-order valence-corrected chi connectivity index (χ0v) is 19.1. The van der Waals surface area contributed by atoms with Gasteiger partial charge in [0.1, 0.15) is 5.75 Å². The third-order valence-electron chi connectivity index (χ3n) is 5.64. The van der Waals surface area contributed by atoms with Crippen molar-refractivity contribution >= 4 is 10.8 Å². The van der Waals surface area contributed by atoms with E-state index < -0.39 is 6.10 Å². The van der Waals surface area contributed by atoms with Crippen LogP contribution in [0.4, 0.5) is 0 Å². The molecule has 0 bridgehead atoms. The number of aryl methyl sites for hydroxylation is 2. The van der Waals surface area contributed by atoms with Crippen LogP contribution in [0.2, 0.25) is 0 Å². The van der Waals surface area contributed by atoms with Crippen molar-refractivity contribution in [1.82, 2.24) is 9.78 Å². The monoisotopic (exact) mass is 444 g/mol. The Labute approximate surface area is 193 Å². The van der Waals surface area contributed by atoms with Gasteiger partial charge >= 0.3 is 0 Å². The predicted octanol–water partition coefficient (Wildman–Crippen LogP) is 4.27. The summed E-state index contributed by atoms with van der Waals surface area (Å²) in [5.74, 6) is 0.778. The zero-order valence-electron chi connectivity index (χ0n) is 19.1. The minimum Gasteiger partial charge on any atom is -0.497 e. The van der Waals surface area contributed by atoms with E-state index in [9.17, 15) is 9.90 Å². The van der Waals surface area contributed by atoms with E-state index in [1.165, 1.54) is 4.68 Å². The number of ether oxygens (including phenoxy) is 2. The molecule has 0 aliphatic carbocycles. The molecule has 170 valence electrons. The highest BCUT2D eigenvalue weighted by atomic mass is 16.5. The van der Waals surface area contributed by atoms with Crippen LogP contribution in [0.5, 0.6) is 5.75 Å². The van der Waals surface area contributed by atoms with Crippen molar-refractivity contribution in [2.45, 2.75) is 33.1 Å². The number of aromatic nitrogens is 2. The number of methoxy groups -OCH3 is 1. The van der Waals surface area contributed by atoms with Gasteiger partial charge in [0.15, 0.2) is 0 Å². The van der Waals surface area contributed by atoms with E-state index in [-0.39, 0.29) is 18.7 Å². The van der Waals surface area contributed by atoms with E-state index in [0.717, 1.165) is 39.1 Å². The fourth-order valence-corrected chi connectivity index (χ4v) is 3.84. The lowest BCUT2D eigenvalue weighted by Gasteiger charge is -2.16. The Bertz CT molecular complexity index is 1310. The molecule has 33 heavy (non-hydrogen) atoms. The molecule has 4 aromatic rings. The molecule has 0 saturated heterocycles. The average Bonchev–Trinajstić information content (AvgIpc) is 2.83. The molecule has 1 heterocycles. The first-order chi connectivity index (χ1) is 16.0. The topological polar surface area (TPSA) is 73.6 Å². The van der Waals surface area contributed by atoms with E-state index >= 15 is 0 Å². The van der Waals surface area contributed by atoms with Crippen LogP contribution >= 0.6 is 0 Å². The summed E-state index contributed by atoms with van der Waals surface area (Å²) >= 11 is 0. The largest absolute Gasteiger partial charge is 0.497 e. The first-order valence-corrected chi connectivity index (χ1v) is 10.9. The molecule has 0 spiro atoms. The zero-order chi connectivity index (χ0) is 23.4. The Morgan fingerprint density at radius 1 is 1.00 bits per heavy atom. The van der Waals surface area contributed by atoms with Gasteiger partial charge in [0.05, 0.1) is 44.1 Å². The molecule has 0 fully saturated rings. The van der Waals surface area contributed by atoms with Crippen molar-refractivity contribution in [2.24, 2.45) is 0 Å². The summed E-state index contributed by atoms with van der Waals surface area (Å²) in [6.45, 7) is 4.55. The standard InChI is InChI=1S/C27H28N2O4/c1-18-8-9-19(2)25(14-18)26-23-6-4-5-7-24(23)27(31)29(28-26)15-21(30)17-33-16-20-10-12-22(32-3)13-11-20/h4-14,21,30H,15-17H2,1-3H3/t21-/m0/s1. The quantitative estimate of drug-likeness (QED) is 0.439. The Hall–Kier alpha value is -3.48. The Morgan fingerprint density at radius 2 is 1.73 bits per heavy atom. The molecule has 6 nitrogen and oxygen atoms in total. The first kappa shape index (κ1) is 22.7. The van der Waals surface area contributed by atoms with E-state index in [1.54, 1.807) is 13.2 Å². The lowest BCUT2D eigenvalue weighted by molar-refractivity contribution is 0.0181. The maximum absolute atomic E-state index is 13.1. The molecule has 0 aliphatic heterocycles. The van der Waals surface area contributed by atoms with Crippen molar-refractivity contribution in [3.8, 4) is 17.0 Å². The maximum atomic E-state index is 13.1. The fourth-order valence-electron chi connectivity index (χ4n) is 3.84. The van der Waals surface area contributed by atoms with Crippen LogP contribution in [-0.4, -0.2) is 34.7 Å². The minimum absolute atomic E-state index is 0.0458. The third kappa shape index (κ3) is 5.13. The second-order valence-electron chi connectivity index (χ2n) is 8.22. The summed E-state index contributed by atoms with van der Waals surface area (Å²) in [6.07, 6.45) is -0.874. The molecule has 0 aliphatic rings. The SMILES string of the molecule is COc1ccc(COC[C@@H](O)Cn2nc(-c3cc(C)ccc3C)c3ccccc3c2=O)cc1. The van der Waals surface area contributed by atoms with Gasteiger partial charge in [-0.25, -0.2) is 4.68 Å². The highest BCUT2D eigenvalue weighted by molar-refractivity contribution is 5.94. The number of hydrogen-bond donors (Lipinski definition) is 1. The number of nitrogens with zero attached hydrogens (tertiary/aromatic N) is 2. The van der Waals surface area contributed by atoms with Crippen molar-refractivity contribution in [3.05, 3.63) is 93.8 Å². The van der Waals surface area contributed by atoms with Crippen molar-refractivity contribution in [2.75, 3.05) is 13.7 Å². The van der Waals surface area contributed by atoms with Gasteiger partial charge in [-0.2, -0.15) is 5.10 Å². The first-order valence-electron chi connectivity index (χ1n) is 10.9. The molecule has 1 aromatic heterocycles. The van der Waals surface area contributed by atoms with Gasteiger partial charge in [0.25, 0.3) is 5.56 Å². The van der Waals surface area contributed by atoms with E-state index in [0.29, 0.717) is 12.0 Å². The Balaban J connectivity index is 1.56. The molecular formula is C27H28N2O4. The third-order valence-corrected chi connectivity index (χ3v) is 5.64. The smallest absolute Gasteiger partial charge is 0.274 e. The van der Waals surface area contributed by atoms with Crippen LogP contribution in [-0.2, 0) is 17.9 Å². The molecule has 1 atom stereocenters. The molecule has 0 radical (unpaired) electrons. The van der Waals surface area contributed by atoms with E-state index in [4.69, 9.17) is 9.47 Å². The van der Waals surface area contributed by atoms with Gasteiger partial charge in [-0.1, -0.05) is 48.0 Å². The minimum atomic E-state index is -0.874. The van der Waals surface area contributed by atoms with E-state index in [1.807, 2.05) is 56.3 Å². The van der Waals surface area contributed by atoms with Crippen LogP contribution in [0.15, 0.2) is 71.5 Å². The lowest BCUT2D eigenvalue weighted by Crippen LogP contribution is -2.31. The Kier molecular flexibility index (Phi) is 6.87. The molecule has 4 rings (SSSR count). The summed E-state index contributed by atoms with van der Waals surface area (Å²) < 4.78 is 12.2. The average molecular weight is 445 g/mol. The van der Waals surface area contributed by atoms with Gasteiger partial charge in [-0.15, -0.1) is 0 Å². The summed E-state index contributed by atoms with van der Waals surface area (Å²) in [4.78, 5) is 13.1. The second kappa shape index (κ2) is 9.98. The highest BCUT2D eigenvalue weighted by Crippen LogP contribution is 2.28. The second-order valence-corrected chi connectivity index (χ2v) is 8.22. The summed E-state index contributed by atoms with van der Waals surface area (Å²) in [6, 6.07) is 21.2. The van der Waals surface area contributed by atoms with Crippen molar-refractivity contribution in [3.63, 3.8) is 0 Å². The van der Waals surface area contributed by atoms with Gasteiger partial charge < -0.3 is 14.6 Å².